The van der Waals surface area contributed by atoms with Gasteiger partial charge in [-0.15, -0.1) is 13.2 Å². The van der Waals surface area contributed by atoms with Gasteiger partial charge >= 0.3 is 0 Å². The van der Waals surface area contributed by atoms with Gasteiger partial charge in [-0.2, -0.15) is 0 Å². The van der Waals surface area contributed by atoms with Gasteiger partial charge in [0, 0.05) is 18.2 Å². The summed E-state index contributed by atoms with van der Waals surface area (Å²) in [6.45, 7) is 6.00. The van der Waals surface area contributed by atoms with Crippen molar-refractivity contribution in [2.24, 2.45) is 0 Å². The minimum absolute atomic E-state index is 0.166. The molecule has 0 radical (unpaired) electrons. The molecule has 1 aromatic rings. The van der Waals surface area contributed by atoms with Crippen LogP contribution >= 0.6 is 0 Å². The molecule has 0 amide bonds. The molecule has 5 heteroatoms. The fourth-order valence-corrected chi connectivity index (χ4v) is 1.81. The average Bonchev–Trinajstić information content (AvgIpc) is 2.65. The number of anilines is 1. The van der Waals surface area contributed by atoms with Gasteiger partial charge in [0.05, 0.1) is 0 Å². The summed E-state index contributed by atoms with van der Waals surface area (Å²) in [5.41, 5.74) is 5.58. The van der Waals surface area contributed by atoms with E-state index in [2.05, 4.69) is 13.2 Å². The van der Waals surface area contributed by atoms with Crippen LogP contribution in [0.5, 0.6) is 5.75 Å². The lowest BCUT2D eigenvalue weighted by molar-refractivity contribution is -0.0746. The van der Waals surface area contributed by atoms with Gasteiger partial charge in [0.2, 0.25) is 0 Å². The van der Waals surface area contributed by atoms with E-state index in [0.717, 1.165) is 6.07 Å². The predicted octanol–water partition coefficient (Wildman–Crippen LogP) is 3.78. The third-order valence-electron chi connectivity index (χ3n) is 2.67. The lowest BCUT2D eigenvalue weighted by atomic mass is 10.2. The number of nitrogens with two attached hydrogens (primary N) is 1. The van der Waals surface area contributed by atoms with Gasteiger partial charge in [-0.1, -0.05) is 0 Å². The van der Waals surface area contributed by atoms with Crippen molar-refractivity contribution in [2.45, 2.75) is 31.3 Å². The third kappa shape index (κ3) is 3.18. The van der Waals surface area contributed by atoms with E-state index in [-0.39, 0.29) is 24.3 Å². The van der Waals surface area contributed by atoms with Gasteiger partial charge in [-0.05, 0) is 25.0 Å². The highest BCUT2D eigenvalue weighted by molar-refractivity contribution is 5.42. The second-order valence-electron chi connectivity index (χ2n) is 3.95. The van der Waals surface area contributed by atoms with Gasteiger partial charge in [-0.3, -0.25) is 0 Å². The van der Waals surface area contributed by atoms with Crippen molar-refractivity contribution in [1.29, 1.82) is 0 Å². The number of hydrogen-bond acceptors (Lipinski definition) is 2. The van der Waals surface area contributed by atoms with Gasteiger partial charge in [0.25, 0.3) is 5.92 Å². The van der Waals surface area contributed by atoms with Crippen molar-refractivity contribution in [3.63, 3.8) is 0 Å². The molecule has 1 atom stereocenters. The zero-order chi connectivity index (χ0) is 13.8. The molecule has 1 saturated carbocycles. The van der Waals surface area contributed by atoms with E-state index in [1.807, 2.05) is 0 Å². The second-order valence-corrected chi connectivity index (χ2v) is 3.95. The number of nitrogen functional groups attached to an aromatic ring is 1. The highest BCUT2D eigenvalue weighted by Crippen LogP contribution is 2.38. The Balaban J connectivity index is 0.000000771. The summed E-state index contributed by atoms with van der Waals surface area (Å²) in [4.78, 5) is 0. The Morgan fingerprint density at radius 2 is 2.00 bits per heavy atom. The monoisotopic (exact) mass is 259 g/mol. The molecular formula is C13H16F3NO. The molecule has 2 N–H and O–H groups in total. The van der Waals surface area contributed by atoms with Crippen molar-refractivity contribution < 1.29 is 17.9 Å². The van der Waals surface area contributed by atoms with Gasteiger partial charge in [-0.25, -0.2) is 13.2 Å². The predicted molar refractivity (Wildman–Crippen MR) is 65.3 cm³/mol. The van der Waals surface area contributed by atoms with Gasteiger partial charge < -0.3 is 10.5 Å². The molecule has 0 aromatic heterocycles. The molecule has 1 aliphatic rings. The summed E-state index contributed by atoms with van der Waals surface area (Å²) < 4.78 is 44.8. The highest BCUT2D eigenvalue weighted by Gasteiger charge is 2.45. The van der Waals surface area contributed by atoms with Crippen molar-refractivity contribution in [3.8, 4) is 5.75 Å². The lowest BCUT2D eigenvalue weighted by Crippen LogP contribution is -2.32. The minimum atomic E-state index is -2.87. The summed E-state index contributed by atoms with van der Waals surface area (Å²) in [6.07, 6.45) is -0.787. The first-order chi connectivity index (χ1) is 8.49. The molecule has 1 aromatic carbocycles. The Labute approximate surface area is 104 Å². The molecule has 0 bridgehead atoms. The van der Waals surface area contributed by atoms with E-state index >= 15 is 0 Å². The topological polar surface area (TPSA) is 35.2 Å². The Hall–Kier alpha value is -1.65. The van der Waals surface area contributed by atoms with E-state index in [1.165, 1.54) is 12.1 Å². The number of ether oxygens (including phenoxy) is 1. The minimum Gasteiger partial charge on any atom is -0.481 e. The summed E-state index contributed by atoms with van der Waals surface area (Å²) in [5.74, 6) is -3.74. The Morgan fingerprint density at radius 1 is 1.33 bits per heavy atom. The van der Waals surface area contributed by atoms with E-state index < -0.39 is 17.8 Å². The van der Waals surface area contributed by atoms with Crippen LogP contribution in [0.1, 0.15) is 19.3 Å². The number of halogens is 3. The van der Waals surface area contributed by atoms with Crippen molar-refractivity contribution in [1.82, 2.24) is 0 Å². The van der Waals surface area contributed by atoms with Crippen LogP contribution in [0, 0.1) is 5.82 Å². The first kappa shape index (κ1) is 14.4. The van der Waals surface area contributed by atoms with E-state index in [4.69, 9.17) is 10.5 Å². The molecule has 1 fully saturated rings. The first-order valence-electron chi connectivity index (χ1n) is 5.58. The largest absolute Gasteiger partial charge is 0.481 e. The maximum absolute atomic E-state index is 13.3. The van der Waals surface area contributed by atoms with Crippen LogP contribution in [-0.4, -0.2) is 12.0 Å². The number of hydrogen-bond donors (Lipinski definition) is 1. The standard InChI is InChI=1S/C11H12F3NO.C2H4/c12-8-6-7(15)3-4-9(8)16-10-2-1-5-11(10,13)14;1-2/h3-4,6,10H,1-2,5,15H2;1-2H2. The normalized spacial score (nSPS) is 20.9. The SMILES string of the molecule is C=C.Nc1ccc(OC2CCCC2(F)F)c(F)c1. The van der Waals surface area contributed by atoms with Crippen LogP contribution < -0.4 is 10.5 Å². The lowest BCUT2D eigenvalue weighted by Gasteiger charge is -2.20. The van der Waals surface area contributed by atoms with Crippen LogP contribution in [0.15, 0.2) is 31.4 Å². The molecule has 0 saturated heterocycles. The van der Waals surface area contributed by atoms with Crippen LogP contribution in [0.3, 0.4) is 0 Å². The number of rotatable bonds is 2. The molecule has 0 aliphatic heterocycles. The maximum Gasteiger partial charge on any atom is 0.284 e. The fourth-order valence-electron chi connectivity index (χ4n) is 1.81. The molecule has 0 spiro atoms. The summed E-state index contributed by atoms with van der Waals surface area (Å²) in [5, 5.41) is 0. The van der Waals surface area contributed by atoms with Crippen LogP contribution in [0.2, 0.25) is 0 Å². The molecule has 1 aliphatic carbocycles. The van der Waals surface area contributed by atoms with Crippen molar-refractivity contribution in [3.05, 3.63) is 37.2 Å². The Morgan fingerprint density at radius 3 is 2.50 bits per heavy atom. The molecule has 2 nitrogen and oxygen atoms in total. The average molecular weight is 259 g/mol. The first-order valence-corrected chi connectivity index (χ1v) is 5.58. The number of benzene rings is 1. The van der Waals surface area contributed by atoms with E-state index in [9.17, 15) is 13.2 Å². The molecular weight excluding hydrogens is 243 g/mol. The van der Waals surface area contributed by atoms with Crippen LogP contribution in [-0.2, 0) is 0 Å². The third-order valence-corrected chi connectivity index (χ3v) is 2.67. The zero-order valence-electron chi connectivity index (χ0n) is 9.96. The molecule has 100 valence electrons. The van der Waals surface area contributed by atoms with Crippen LogP contribution in [0.25, 0.3) is 0 Å². The van der Waals surface area contributed by atoms with E-state index in [1.54, 1.807) is 0 Å². The summed E-state index contributed by atoms with van der Waals surface area (Å²) >= 11 is 0. The van der Waals surface area contributed by atoms with Crippen molar-refractivity contribution >= 4 is 5.69 Å². The molecule has 2 rings (SSSR count). The quantitative estimate of drug-likeness (QED) is 0.648. The highest BCUT2D eigenvalue weighted by atomic mass is 19.3. The summed E-state index contributed by atoms with van der Waals surface area (Å²) in [6, 6.07) is 3.76. The second kappa shape index (κ2) is 5.80. The maximum atomic E-state index is 13.3. The van der Waals surface area contributed by atoms with Crippen molar-refractivity contribution in [2.75, 3.05) is 5.73 Å². The molecule has 18 heavy (non-hydrogen) atoms. The molecule has 1 unspecified atom stereocenters. The van der Waals surface area contributed by atoms with Gasteiger partial charge in [0.1, 0.15) is 0 Å². The Bertz CT molecular complexity index is 409. The molecule has 0 heterocycles. The fraction of sp³-hybridized carbons (Fsp3) is 0.385. The zero-order valence-corrected chi connectivity index (χ0v) is 9.96. The smallest absolute Gasteiger partial charge is 0.284 e. The summed E-state index contributed by atoms with van der Waals surface area (Å²) in [7, 11) is 0. The Kier molecular flexibility index (Phi) is 4.64. The number of alkyl halides is 2. The van der Waals surface area contributed by atoms with Crippen LogP contribution in [0.4, 0.5) is 18.9 Å². The van der Waals surface area contributed by atoms with Gasteiger partial charge in [0.15, 0.2) is 17.7 Å². The van der Waals surface area contributed by atoms with E-state index in [0.29, 0.717) is 6.42 Å².